The Bertz CT molecular complexity index is 667. The van der Waals surface area contributed by atoms with Crippen molar-refractivity contribution in [2.75, 3.05) is 19.5 Å². The molecule has 1 heterocycles. The van der Waals surface area contributed by atoms with Crippen molar-refractivity contribution < 1.29 is 14.3 Å². The molecule has 4 heteroatoms. The first-order valence-corrected chi connectivity index (χ1v) is 6.83. The molecule has 0 saturated heterocycles. The summed E-state index contributed by atoms with van der Waals surface area (Å²) in [5, 5.41) is 2.91. The molecule has 1 atom stereocenters. The van der Waals surface area contributed by atoms with Crippen molar-refractivity contribution in [3.63, 3.8) is 0 Å². The SMILES string of the molecule is COc1cc2c(cc1OC)[C@H](c1ccccc1)CC(=O)N2. The summed E-state index contributed by atoms with van der Waals surface area (Å²) in [4.78, 5) is 12.0. The maximum Gasteiger partial charge on any atom is 0.225 e. The number of ether oxygens (including phenoxy) is 2. The number of fused-ring (bicyclic) bond motifs is 1. The van der Waals surface area contributed by atoms with Crippen LogP contribution in [0.2, 0.25) is 0 Å². The van der Waals surface area contributed by atoms with Crippen molar-refractivity contribution in [3.8, 4) is 11.5 Å². The van der Waals surface area contributed by atoms with Gasteiger partial charge in [0, 0.05) is 24.1 Å². The molecule has 0 aliphatic carbocycles. The summed E-state index contributed by atoms with van der Waals surface area (Å²) >= 11 is 0. The Morgan fingerprint density at radius 3 is 2.38 bits per heavy atom. The van der Waals surface area contributed by atoms with Gasteiger partial charge in [-0.25, -0.2) is 0 Å². The van der Waals surface area contributed by atoms with Gasteiger partial charge in [0.1, 0.15) is 0 Å². The van der Waals surface area contributed by atoms with Gasteiger partial charge in [0.2, 0.25) is 5.91 Å². The number of hydrogen-bond donors (Lipinski definition) is 1. The standard InChI is InChI=1S/C17H17NO3/c1-20-15-8-13-12(11-6-4-3-5-7-11)9-17(19)18-14(13)10-16(15)21-2/h3-8,10,12H,9H2,1-2H3,(H,18,19)/t12-/m0/s1. The number of carbonyl (C=O) groups is 1. The van der Waals surface area contributed by atoms with E-state index in [1.807, 2.05) is 42.5 Å². The molecule has 2 aromatic carbocycles. The van der Waals surface area contributed by atoms with Crippen LogP contribution in [-0.2, 0) is 4.79 Å². The summed E-state index contributed by atoms with van der Waals surface area (Å²) < 4.78 is 10.7. The number of anilines is 1. The van der Waals surface area contributed by atoms with E-state index < -0.39 is 0 Å². The highest BCUT2D eigenvalue weighted by Gasteiger charge is 2.28. The first kappa shape index (κ1) is 13.5. The summed E-state index contributed by atoms with van der Waals surface area (Å²) in [6.45, 7) is 0. The third-order valence-corrected chi connectivity index (χ3v) is 3.80. The molecule has 0 saturated carbocycles. The lowest BCUT2D eigenvalue weighted by molar-refractivity contribution is -0.116. The molecule has 0 spiro atoms. The van der Waals surface area contributed by atoms with Crippen molar-refractivity contribution in [1.29, 1.82) is 0 Å². The van der Waals surface area contributed by atoms with Gasteiger partial charge in [-0.15, -0.1) is 0 Å². The topological polar surface area (TPSA) is 47.6 Å². The molecule has 1 N–H and O–H groups in total. The molecule has 1 amide bonds. The summed E-state index contributed by atoms with van der Waals surface area (Å²) in [7, 11) is 3.20. The Labute approximate surface area is 123 Å². The van der Waals surface area contributed by atoms with Crippen molar-refractivity contribution in [1.82, 2.24) is 0 Å². The quantitative estimate of drug-likeness (QED) is 0.941. The summed E-state index contributed by atoms with van der Waals surface area (Å²) in [6.07, 6.45) is 0.437. The van der Waals surface area contributed by atoms with E-state index in [4.69, 9.17) is 9.47 Å². The van der Waals surface area contributed by atoms with Gasteiger partial charge in [-0.3, -0.25) is 4.79 Å². The summed E-state index contributed by atoms with van der Waals surface area (Å²) in [5.74, 6) is 1.34. The fourth-order valence-corrected chi connectivity index (χ4v) is 2.77. The molecule has 2 aromatic rings. The molecule has 3 rings (SSSR count). The minimum atomic E-state index is 0.0172. The maximum absolute atomic E-state index is 12.0. The number of rotatable bonds is 3. The van der Waals surface area contributed by atoms with Crippen LogP contribution < -0.4 is 14.8 Å². The van der Waals surface area contributed by atoms with Gasteiger partial charge in [-0.05, 0) is 17.2 Å². The Morgan fingerprint density at radius 1 is 1.05 bits per heavy atom. The van der Waals surface area contributed by atoms with Gasteiger partial charge in [-0.2, -0.15) is 0 Å². The molecule has 108 valence electrons. The van der Waals surface area contributed by atoms with E-state index in [9.17, 15) is 4.79 Å². The van der Waals surface area contributed by atoms with Crippen molar-refractivity contribution >= 4 is 11.6 Å². The van der Waals surface area contributed by atoms with Crippen molar-refractivity contribution in [2.45, 2.75) is 12.3 Å². The molecule has 21 heavy (non-hydrogen) atoms. The Kier molecular flexibility index (Phi) is 3.52. The Hall–Kier alpha value is -2.49. The van der Waals surface area contributed by atoms with Crippen LogP contribution in [0.1, 0.15) is 23.5 Å². The molecule has 0 unspecified atom stereocenters. The molecule has 0 bridgehead atoms. The van der Waals surface area contributed by atoms with Gasteiger partial charge in [0.15, 0.2) is 11.5 Å². The molecular formula is C17H17NO3. The first-order chi connectivity index (χ1) is 10.2. The second kappa shape index (κ2) is 5.48. The number of methoxy groups -OCH3 is 2. The fraction of sp³-hybridized carbons (Fsp3) is 0.235. The van der Waals surface area contributed by atoms with E-state index in [-0.39, 0.29) is 11.8 Å². The van der Waals surface area contributed by atoms with Crippen LogP contribution in [0.5, 0.6) is 11.5 Å². The number of amides is 1. The zero-order valence-corrected chi connectivity index (χ0v) is 12.1. The first-order valence-electron chi connectivity index (χ1n) is 6.83. The van der Waals surface area contributed by atoms with Gasteiger partial charge in [-0.1, -0.05) is 30.3 Å². The van der Waals surface area contributed by atoms with E-state index >= 15 is 0 Å². The van der Waals surface area contributed by atoms with E-state index in [1.54, 1.807) is 14.2 Å². The largest absolute Gasteiger partial charge is 0.493 e. The van der Waals surface area contributed by atoms with Crippen LogP contribution >= 0.6 is 0 Å². The van der Waals surface area contributed by atoms with Gasteiger partial charge < -0.3 is 14.8 Å². The molecule has 0 radical (unpaired) electrons. The lowest BCUT2D eigenvalue weighted by atomic mass is 9.84. The van der Waals surface area contributed by atoms with Crippen molar-refractivity contribution in [3.05, 3.63) is 53.6 Å². The average molecular weight is 283 g/mol. The fourth-order valence-electron chi connectivity index (χ4n) is 2.77. The number of hydrogen-bond acceptors (Lipinski definition) is 3. The minimum absolute atomic E-state index is 0.0172. The van der Waals surface area contributed by atoms with Crippen LogP contribution in [0.25, 0.3) is 0 Å². The monoisotopic (exact) mass is 283 g/mol. The number of nitrogens with one attached hydrogen (secondary N) is 1. The van der Waals surface area contributed by atoms with Gasteiger partial charge in [0.25, 0.3) is 0 Å². The second-order valence-electron chi connectivity index (χ2n) is 5.01. The van der Waals surface area contributed by atoms with E-state index in [2.05, 4.69) is 5.32 Å². The van der Waals surface area contributed by atoms with Crippen LogP contribution in [0, 0.1) is 0 Å². The Balaban J connectivity index is 2.13. The molecule has 1 aliphatic rings. The highest BCUT2D eigenvalue weighted by molar-refractivity contribution is 5.96. The average Bonchev–Trinajstić information content (AvgIpc) is 2.53. The van der Waals surface area contributed by atoms with E-state index in [0.717, 1.165) is 16.8 Å². The normalized spacial score (nSPS) is 16.9. The predicted molar refractivity (Wildman–Crippen MR) is 81.1 cm³/mol. The van der Waals surface area contributed by atoms with Crippen LogP contribution in [-0.4, -0.2) is 20.1 Å². The van der Waals surface area contributed by atoms with Crippen LogP contribution in [0.3, 0.4) is 0 Å². The molecular weight excluding hydrogens is 266 g/mol. The summed E-state index contributed by atoms with van der Waals surface area (Å²) in [5.41, 5.74) is 2.97. The summed E-state index contributed by atoms with van der Waals surface area (Å²) in [6, 6.07) is 13.8. The maximum atomic E-state index is 12.0. The smallest absolute Gasteiger partial charge is 0.225 e. The highest BCUT2D eigenvalue weighted by atomic mass is 16.5. The predicted octanol–water partition coefficient (Wildman–Crippen LogP) is 3.18. The van der Waals surface area contributed by atoms with E-state index in [1.165, 1.54) is 0 Å². The van der Waals surface area contributed by atoms with Crippen molar-refractivity contribution in [2.24, 2.45) is 0 Å². The van der Waals surface area contributed by atoms with Gasteiger partial charge >= 0.3 is 0 Å². The number of benzene rings is 2. The zero-order chi connectivity index (χ0) is 14.8. The third kappa shape index (κ3) is 2.44. The molecule has 0 fully saturated rings. The third-order valence-electron chi connectivity index (χ3n) is 3.80. The second-order valence-corrected chi connectivity index (χ2v) is 5.01. The molecule has 0 aromatic heterocycles. The van der Waals surface area contributed by atoms with Crippen LogP contribution in [0.4, 0.5) is 5.69 Å². The van der Waals surface area contributed by atoms with E-state index in [0.29, 0.717) is 17.9 Å². The highest BCUT2D eigenvalue weighted by Crippen LogP contribution is 2.42. The van der Waals surface area contributed by atoms with Gasteiger partial charge in [0.05, 0.1) is 14.2 Å². The molecule has 4 nitrogen and oxygen atoms in total. The zero-order valence-electron chi connectivity index (χ0n) is 12.1. The minimum Gasteiger partial charge on any atom is -0.493 e. The molecule has 1 aliphatic heterocycles. The lowest BCUT2D eigenvalue weighted by Crippen LogP contribution is -2.23. The Morgan fingerprint density at radius 2 is 1.71 bits per heavy atom. The van der Waals surface area contributed by atoms with Crippen LogP contribution in [0.15, 0.2) is 42.5 Å². The lowest BCUT2D eigenvalue weighted by Gasteiger charge is -2.27. The number of carbonyl (C=O) groups excluding carboxylic acids is 1.